The number of nitrogens with one attached hydrogen (secondary N) is 1. The molecular weight excluding hydrogens is 390 g/mol. The van der Waals surface area contributed by atoms with Gasteiger partial charge in [0.1, 0.15) is 5.75 Å². The first-order valence-electron chi connectivity index (χ1n) is 9.69. The molecule has 1 N–H and O–H groups in total. The predicted molar refractivity (Wildman–Crippen MR) is 115 cm³/mol. The van der Waals surface area contributed by atoms with Crippen molar-refractivity contribution in [3.05, 3.63) is 58.6 Å². The van der Waals surface area contributed by atoms with E-state index in [2.05, 4.69) is 5.32 Å². The van der Waals surface area contributed by atoms with Gasteiger partial charge in [0.25, 0.3) is 0 Å². The maximum atomic E-state index is 12.8. The summed E-state index contributed by atoms with van der Waals surface area (Å²) < 4.78 is 5.35. The Balaban J connectivity index is 1.56. The summed E-state index contributed by atoms with van der Waals surface area (Å²) in [6.07, 6.45) is 1.07. The van der Waals surface area contributed by atoms with Gasteiger partial charge in [-0.05, 0) is 48.7 Å². The lowest BCUT2D eigenvalue weighted by Gasteiger charge is -2.22. The van der Waals surface area contributed by atoms with Crippen molar-refractivity contribution in [2.45, 2.75) is 19.8 Å². The SMILES string of the molecule is COc1cc(CC(=O)N2CCCN(C(=O)Nc3cccc(Cl)c3)CC2)ccc1C. The Morgan fingerprint density at radius 1 is 1.07 bits per heavy atom. The number of nitrogens with zero attached hydrogens (tertiary/aromatic N) is 2. The molecule has 1 fully saturated rings. The third-order valence-electron chi connectivity index (χ3n) is 5.04. The number of anilines is 1. The Bertz CT molecular complexity index is 887. The first-order chi connectivity index (χ1) is 14.0. The normalized spacial score (nSPS) is 14.3. The van der Waals surface area contributed by atoms with E-state index in [1.54, 1.807) is 36.3 Å². The molecule has 2 aromatic rings. The fourth-order valence-electron chi connectivity index (χ4n) is 3.40. The summed E-state index contributed by atoms with van der Waals surface area (Å²) in [5.74, 6) is 0.850. The number of ether oxygens (including phenoxy) is 1. The number of carbonyl (C=O) groups excluding carboxylic acids is 2. The number of benzene rings is 2. The summed E-state index contributed by atoms with van der Waals surface area (Å²) in [7, 11) is 1.63. The van der Waals surface area contributed by atoms with Crippen molar-refractivity contribution >= 4 is 29.2 Å². The van der Waals surface area contributed by atoms with E-state index in [1.807, 2.05) is 30.0 Å². The number of hydrogen-bond donors (Lipinski definition) is 1. The molecule has 1 saturated heterocycles. The van der Waals surface area contributed by atoms with Gasteiger partial charge in [-0.1, -0.05) is 29.8 Å². The molecule has 3 amide bonds. The Morgan fingerprint density at radius 3 is 2.59 bits per heavy atom. The number of hydrogen-bond acceptors (Lipinski definition) is 3. The maximum Gasteiger partial charge on any atom is 0.321 e. The topological polar surface area (TPSA) is 61.9 Å². The average Bonchev–Trinajstić information content (AvgIpc) is 2.96. The maximum absolute atomic E-state index is 12.8. The highest BCUT2D eigenvalue weighted by Gasteiger charge is 2.22. The number of urea groups is 1. The summed E-state index contributed by atoms with van der Waals surface area (Å²) in [5, 5.41) is 3.44. The van der Waals surface area contributed by atoms with Crippen molar-refractivity contribution in [1.82, 2.24) is 9.80 Å². The fraction of sp³-hybridized carbons (Fsp3) is 0.364. The van der Waals surface area contributed by atoms with Gasteiger partial charge in [0.15, 0.2) is 0 Å². The Hall–Kier alpha value is -2.73. The van der Waals surface area contributed by atoms with Gasteiger partial charge in [-0.2, -0.15) is 0 Å². The lowest BCUT2D eigenvalue weighted by Crippen LogP contribution is -2.39. The van der Waals surface area contributed by atoms with Crippen LogP contribution in [0.3, 0.4) is 0 Å². The second-order valence-corrected chi connectivity index (χ2v) is 7.58. The quantitative estimate of drug-likeness (QED) is 0.821. The smallest absolute Gasteiger partial charge is 0.321 e. The molecule has 3 rings (SSSR count). The second-order valence-electron chi connectivity index (χ2n) is 7.14. The second kappa shape index (κ2) is 9.65. The van der Waals surface area contributed by atoms with E-state index in [0.29, 0.717) is 43.3 Å². The molecule has 154 valence electrons. The van der Waals surface area contributed by atoms with E-state index in [-0.39, 0.29) is 11.9 Å². The zero-order chi connectivity index (χ0) is 20.8. The Kier molecular flexibility index (Phi) is 6.99. The van der Waals surface area contributed by atoms with E-state index in [0.717, 1.165) is 23.3 Å². The standard InChI is InChI=1S/C22H26ClN3O3/c1-16-7-8-17(13-20(16)29-2)14-21(27)25-9-4-10-26(12-11-25)22(28)24-19-6-3-5-18(23)15-19/h3,5-8,13,15H,4,9-12,14H2,1-2H3,(H,24,28). The van der Waals surface area contributed by atoms with Crippen LogP contribution in [0.15, 0.2) is 42.5 Å². The summed E-state index contributed by atoms with van der Waals surface area (Å²) in [4.78, 5) is 28.9. The molecule has 0 spiro atoms. The minimum Gasteiger partial charge on any atom is -0.496 e. The summed E-state index contributed by atoms with van der Waals surface area (Å²) in [5.41, 5.74) is 2.63. The fourth-order valence-corrected chi connectivity index (χ4v) is 3.59. The molecule has 0 aliphatic carbocycles. The average molecular weight is 416 g/mol. The highest BCUT2D eigenvalue weighted by Crippen LogP contribution is 2.20. The Labute approximate surface area is 176 Å². The van der Waals surface area contributed by atoms with Crippen LogP contribution >= 0.6 is 11.6 Å². The molecule has 1 aliphatic heterocycles. The molecule has 7 heteroatoms. The Morgan fingerprint density at radius 2 is 1.83 bits per heavy atom. The largest absolute Gasteiger partial charge is 0.496 e. The number of halogens is 1. The van der Waals surface area contributed by atoms with Gasteiger partial charge in [0.2, 0.25) is 5.91 Å². The van der Waals surface area contributed by atoms with Gasteiger partial charge in [0.05, 0.1) is 13.5 Å². The van der Waals surface area contributed by atoms with E-state index in [9.17, 15) is 9.59 Å². The van der Waals surface area contributed by atoms with Crippen LogP contribution in [0.25, 0.3) is 0 Å². The minimum atomic E-state index is -0.176. The van der Waals surface area contributed by atoms with Crippen molar-refractivity contribution in [3.63, 3.8) is 0 Å². The van der Waals surface area contributed by atoms with Gasteiger partial charge in [-0.15, -0.1) is 0 Å². The molecule has 6 nitrogen and oxygen atoms in total. The molecule has 1 heterocycles. The highest BCUT2D eigenvalue weighted by atomic mass is 35.5. The van der Waals surface area contributed by atoms with Gasteiger partial charge < -0.3 is 19.9 Å². The van der Waals surface area contributed by atoms with Crippen molar-refractivity contribution < 1.29 is 14.3 Å². The number of methoxy groups -OCH3 is 1. The summed E-state index contributed by atoms with van der Waals surface area (Å²) in [6, 6.07) is 12.7. The van der Waals surface area contributed by atoms with Crippen molar-refractivity contribution in [3.8, 4) is 5.75 Å². The minimum absolute atomic E-state index is 0.0630. The molecule has 0 saturated carbocycles. The molecule has 2 aromatic carbocycles. The first-order valence-corrected chi connectivity index (χ1v) is 10.1. The molecule has 1 aliphatic rings. The lowest BCUT2D eigenvalue weighted by atomic mass is 10.1. The van der Waals surface area contributed by atoms with E-state index in [1.165, 1.54) is 0 Å². The molecule has 0 bridgehead atoms. The van der Waals surface area contributed by atoms with Crippen LogP contribution in [0.5, 0.6) is 5.75 Å². The molecular formula is C22H26ClN3O3. The summed E-state index contributed by atoms with van der Waals surface area (Å²) >= 11 is 5.97. The third kappa shape index (κ3) is 5.64. The van der Waals surface area contributed by atoms with Gasteiger partial charge in [-0.25, -0.2) is 4.79 Å². The van der Waals surface area contributed by atoms with Crippen molar-refractivity contribution in [2.75, 3.05) is 38.6 Å². The molecule has 0 unspecified atom stereocenters. The lowest BCUT2D eigenvalue weighted by molar-refractivity contribution is -0.130. The zero-order valence-electron chi connectivity index (χ0n) is 16.8. The molecule has 29 heavy (non-hydrogen) atoms. The van der Waals surface area contributed by atoms with Gasteiger partial charge in [-0.3, -0.25) is 4.79 Å². The summed E-state index contributed by atoms with van der Waals surface area (Å²) in [6.45, 7) is 4.24. The van der Waals surface area contributed by atoms with Gasteiger partial charge >= 0.3 is 6.03 Å². The number of amides is 3. The number of rotatable bonds is 4. The zero-order valence-corrected chi connectivity index (χ0v) is 17.5. The van der Waals surface area contributed by atoms with Crippen LogP contribution in [-0.2, 0) is 11.2 Å². The van der Waals surface area contributed by atoms with E-state index < -0.39 is 0 Å². The van der Waals surface area contributed by atoms with E-state index >= 15 is 0 Å². The van der Waals surface area contributed by atoms with Crippen LogP contribution in [0.4, 0.5) is 10.5 Å². The van der Waals surface area contributed by atoms with Crippen LogP contribution in [-0.4, -0.2) is 55.0 Å². The monoisotopic (exact) mass is 415 g/mol. The first kappa shape index (κ1) is 21.0. The highest BCUT2D eigenvalue weighted by molar-refractivity contribution is 6.30. The number of carbonyl (C=O) groups is 2. The van der Waals surface area contributed by atoms with Gasteiger partial charge in [0, 0.05) is 36.9 Å². The van der Waals surface area contributed by atoms with Crippen molar-refractivity contribution in [2.24, 2.45) is 0 Å². The number of aryl methyl sites for hydroxylation is 1. The van der Waals surface area contributed by atoms with Crippen molar-refractivity contribution in [1.29, 1.82) is 0 Å². The molecule has 0 radical (unpaired) electrons. The van der Waals surface area contributed by atoms with E-state index in [4.69, 9.17) is 16.3 Å². The molecule has 0 atom stereocenters. The molecule has 0 aromatic heterocycles. The predicted octanol–water partition coefficient (Wildman–Crippen LogP) is 3.97. The van der Waals surface area contributed by atoms with Crippen LogP contribution in [0.1, 0.15) is 17.5 Å². The third-order valence-corrected chi connectivity index (χ3v) is 5.27. The van der Waals surface area contributed by atoms with Crippen LogP contribution < -0.4 is 10.1 Å². The van der Waals surface area contributed by atoms with Crippen LogP contribution in [0, 0.1) is 6.92 Å². The van der Waals surface area contributed by atoms with Crippen LogP contribution in [0.2, 0.25) is 5.02 Å².